The molecule has 0 aromatic carbocycles. The molecule has 0 radical (unpaired) electrons. The Morgan fingerprint density at radius 3 is 2.70 bits per heavy atom. The molecule has 1 aliphatic heterocycles. The summed E-state index contributed by atoms with van der Waals surface area (Å²) in [5.74, 6) is 0.953. The summed E-state index contributed by atoms with van der Waals surface area (Å²) in [6, 6.07) is 12.0. The number of nitrogens with zero attached hydrogens (tertiary/aromatic N) is 6. The van der Waals surface area contributed by atoms with E-state index in [1.165, 1.54) is 0 Å². The summed E-state index contributed by atoms with van der Waals surface area (Å²) in [7, 11) is 0. The Kier molecular flexibility index (Phi) is 5.08. The SMILES string of the molecule is OCCN1CCN(c2cccc(-c3n[nH]c4cnc(-c5cccnc5)cc34)n2)CC1. The van der Waals surface area contributed by atoms with Crippen molar-refractivity contribution in [1.29, 1.82) is 0 Å². The quantitative estimate of drug-likeness (QED) is 0.529. The lowest BCUT2D eigenvalue weighted by molar-refractivity contribution is 0.188. The zero-order chi connectivity index (χ0) is 20.3. The highest BCUT2D eigenvalue weighted by Crippen LogP contribution is 2.29. The summed E-state index contributed by atoms with van der Waals surface area (Å²) in [6.45, 7) is 4.58. The summed E-state index contributed by atoms with van der Waals surface area (Å²) >= 11 is 0. The van der Waals surface area contributed by atoms with Gasteiger partial charge in [-0.2, -0.15) is 5.10 Å². The van der Waals surface area contributed by atoms with Crippen LogP contribution in [0.2, 0.25) is 0 Å². The number of β-amino-alcohol motifs (C(OH)–C–C–N with tert-alkyl or cyclic N) is 1. The van der Waals surface area contributed by atoms with Crippen LogP contribution in [-0.2, 0) is 0 Å². The summed E-state index contributed by atoms with van der Waals surface area (Å²) in [5, 5.41) is 17.7. The number of anilines is 1. The maximum atomic E-state index is 9.14. The molecule has 1 saturated heterocycles. The monoisotopic (exact) mass is 401 g/mol. The fraction of sp³-hybridized carbons (Fsp3) is 0.273. The molecule has 0 saturated carbocycles. The van der Waals surface area contributed by atoms with E-state index >= 15 is 0 Å². The van der Waals surface area contributed by atoms with Gasteiger partial charge in [0.15, 0.2) is 0 Å². The second kappa shape index (κ2) is 8.17. The Bertz CT molecular complexity index is 1140. The van der Waals surface area contributed by atoms with Gasteiger partial charge in [-0.1, -0.05) is 6.07 Å². The van der Waals surface area contributed by atoms with Gasteiger partial charge in [-0.15, -0.1) is 0 Å². The lowest BCUT2D eigenvalue weighted by Gasteiger charge is -2.35. The van der Waals surface area contributed by atoms with Crippen LogP contribution in [0.25, 0.3) is 33.5 Å². The number of aliphatic hydroxyl groups excluding tert-OH is 1. The van der Waals surface area contributed by atoms with Gasteiger partial charge in [-0.25, -0.2) is 4.98 Å². The van der Waals surface area contributed by atoms with Crippen molar-refractivity contribution in [2.45, 2.75) is 0 Å². The lowest BCUT2D eigenvalue weighted by atomic mass is 10.1. The highest BCUT2D eigenvalue weighted by atomic mass is 16.3. The van der Waals surface area contributed by atoms with Crippen molar-refractivity contribution in [3.05, 3.63) is 55.0 Å². The molecule has 0 unspecified atom stereocenters. The number of aromatic amines is 1. The van der Waals surface area contributed by atoms with Gasteiger partial charge < -0.3 is 10.0 Å². The van der Waals surface area contributed by atoms with Gasteiger partial charge in [0.05, 0.1) is 29.7 Å². The molecular formula is C22H23N7O. The molecule has 8 nitrogen and oxygen atoms in total. The molecule has 1 aliphatic rings. The van der Waals surface area contributed by atoms with E-state index in [0.717, 1.165) is 72.1 Å². The van der Waals surface area contributed by atoms with Crippen molar-refractivity contribution in [2.75, 3.05) is 44.2 Å². The van der Waals surface area contributed by atoms with Crippen LogP contribution in [0.1, 0.15) is 0 Å². The smallest absolute Gasteiger partial charge is 0.129 e. The van der Waals surface area contributed by atoms with Gasteiger partial charge in [0, 0.05) is 56.1 Å². The molecule has 30 heavy (non-hydrogen) atoms. The van der Waals surface area contributed by atoms with Crippen molar-refractivity contribution in [1.82, 2.24) is 30.0 Å². The molecule has 8 heteroatoms. The highest BCUT2D eigenvalue weighted by molar-refractivity contribution is 5.93. The topological polar surface area (TPSA) is 94.1 Å². The molecule has 5 rings (SSSR count). The number of pyridine rings is 3. The normalized spacial score (nSPS) is 15.0. The first-order chi connectivity index (χ1) is 14.8. The third kappa shape index (κ3) is 3.62. The minimum absolute atomic E-state index is 0.204. The fourth-order valence-corrected chi connectivity index (χ4v) is 3.86. The number of H-pyrrole nitrogens is 1. The first kappa shape index (κ1) is 18.7. The fourth-order valence-electron chi connectivity index (χ4n) is 3.86. The van der Waals surface area contributed by atoms with E-state index in [-0.39, 0.29) is 6.61 Å². The van der Waals surface area contributed by atoms with Crippen molar-refractivity contribution in [3.63, 3.8) is 0 Å². The third-order valence-electron chi connectivity index (χ3n) is 5.49. The molecule has 4 aromatic heterocycles. The standard InChI is InChI=1S/C22H23N7O/c30-12-11-28-7-9-29(10-8-28)21-5-1-4-18(25-21)22-17-13-19(16-3-2-6-23-14-16)24-15-20(17)26-27-22/h1-6,13-15,30H,7-12H2,(H,26,27). The van der Waals surface area contributed by atoms with Crippen LogP contribution in [0.15, 0.2) is 55.0 Å². The third-order valence-corrected chi connectivity index (χ3v) is 5.49. The van der Waals surface area contributed by atoms with Crippen molar-refractivity contribution in [2.24, 2.45) is 0 Å². The van der Waals surface area contributed by atoms with Gasteiger partial charge in [-0.3, -0.25) is 20.0 Å². The maximum Gasteiger partial charge on any atom is 0.129 e. The first-order valence-electron chi connectivity index (χ1n) is 10.1. The summed E-state index contributed by atoms with van der Waals surface area (Å²) < 4.78 is 0. The summed E-state index contributed by atoms with van der Waals surface area (Å²) in [5.41, 5.74) is 4.35. The van der Waals surface area contributed by atoms with E-state index < -0.39 is 0 Å². The average Bonchev–Trinajstić information content (AvgIpc) is 3.24. The van der Waals surface area contributed by atoms with E-state index in [1.54, 1.807) is 12.4 Å². The van der Waals surface area contributed by atoms with Crippen LogP contribution in [0.4, 0.5) is 5.82 Å². The minimum Gasteiger partial charge on any atom is -0.395 e. The molecule has 0 bridgehead atoms. The minimum atomic E-state index is 0.204. The van der Waals surface area contributed by atoms with Crippen molar-refractivity contribution >= 4 is 16.7 Å². The average molecular weight is 401 g/mol. The van der Waals surface area contributed by atoms with E-state index in [4.69, 9.17) is 10.1 Å². The molecule has 0 aliphatic carbocycles. The van der Waals surface area contributed by atoms with Crippen LogP contribution in [0.3, 0.4) is 0 Å². The molecule has 2 N–H and O–H groups in total. The van der Waals surface area contributed by atoms with Gasteiger partial charge in [0.25, 0.3) is 0 Å². The number of piperazine rings is 1. The number of fused-ring (bicyclic) bond motifs is 1. The Morgan fingerprint density at radius 1 is 1.00 bits per heavy atom. The summed E-state index contributed by atoms with van der Waals surface area (Å²) in [6.07, 6.45) is 5.37. The molecule has 4 aromatic rings. The molecule has 5 heterocycles. The van der Waals surface area contributed by atoms with Gasteiger partial charge >= 0.3 is 0 Å². The van der Waals surface area contributed by atoms with E-state index in [0.29, 0.717) is 0 Å². The highest BCUT2D eigenvalue weighted by Gasteiger charge is 2.19. The Balaban J connectivity index is 1.45. The van der Waals surface area contributed by atoms with Crippen LogP contribution in [0.5, 0.6) is 0 Å². The van der Waals surface area contributed by atoms with Crippen molar-refractivity contribution < 1.29 is 5.11 Å². The van der Waals surface area contributed by atoms with Crippen LogP contribution >= 0.6 is 0 Å². The number of aliphatic hydroxyl groups is 1. The first-order valence-corrected chi connectivity index (χ1v) is 10.1. The van der Waals surface area contributed by atoms with Crippen LogP contribution in [-0.4, -0.2) is 74.5 Å². The van der Waals surface area contributed by atoms with Crippen LogP contribution < -0.4 is 4.90 Å². The van der Waals surface area contributed by atoms with Crippen LogP contribution in [0, 0.1) is 0 Å². The zero-order valence-electron chi connectivity index (χ0n) is 16.6. The lowest BCUT2D eigenvalue weighted by Crippen LogP contribution is -2.47. The number of nitrogens with one attached hydrogen (secondary N) is 1. The number of hydrogen-bond acceptors (Lipinski definition) is 7. The number of aromatic nitrogens is 5. The Morgan fingerprint density at radius 2 is 1.90 bits per heavy atom. The predicted octanol–water partition coefficient (Wildman–Crippen LogP) is 2.20. The number of rotatable bonds is 5. The van der Waals surface area contributed by atoms with Gasteiger partial charge in [0.2, 0.25) is 0 Å². The molecule has 0 spiro atoms. The van der Waals surface area contributed by atoms with Gasteiger partial charge in [0.1, 0.15) is 11.5 Å². The second-order valence-corrected chi connectivity index (χ2v) is 7.36. The molecule has 1 fully saturated rings. The van der Waals surface area contributed by atoms with E-state index in [2.05, 4.69) is 30.0 Å². The molecule has 0 amide bonds. The second-order valence-electron chi connectivity index (χ2n) is 7.36. The molecule has 0 atom stereocenters. The molecule has 152 valence electrons. The largest absolute Gasteiger partial charge is 0.395 e. The number of hydrogen-bond donors (Lipinski definition) is 2. The Hall–Kier alpha value is -3.36. The summed E-state index contributed by atoms with van der Waals surface area (Å²) in [4.78, 5) is 18.2. The zero-order valence-corrected chi connectivity index (χ0v) is 16.6. The van der Waals surface area contributed by atoms with E-state index in [9.17, 15) is 0 Å². The molecular weight excluding hydrogens is 378 g/mol. The van der Waals surface area contributed by atoms with E-state index in [1.807, 2.05) is 42.6 Å². The Labute approximate surface area is 174 Å². The maximum absolute atomic E-state index is 9.14. The van der Waals surface area contributed by atoms with Crippen molar-refractivity contribution in [3.8, 4) is 22.6 Å². The van der Waals surface area contributed by atoms with Gasteiger partial charge in [-0.05, 0) is 30.3 Å². The predicted molar refractivity (Wildman–Crippen MR) is 116 cm³/mol.